The van der Waals surface area contributed by atoms with Crippen molar-refractivity contribution in [1.29, 1.82) is 0 Å². The molecule has 2 atom stereocenters. The zero-order chi connectivity index (χ0) is 10.7. The quantitative estimate of drug-likeness (QED) is 0.620. The lowest BCUT2D eigenvalue weighted by atomic mass is 10.0. The third-order valence-electron chi connectivity index (χ3n) is 2.17. The Morgan fingerprint density at radius 1 is 1.43 bits per heavy atom. The van der Waals surface area contributed by atoms with Gasteiger partial charge in [0.25, 0.3) is 0 Å². The van der Waals surface area contributed by atoms with Gasteiger partial charge >= 0.3 is 0 Å². The number of hydrogen-bond acceptors (Lipinski definition) is 4. The Labute approximate surface area is 83.5 Å². The Morgan fingerprint density at radius 2 is 2.07 bits per heavy atom. The fourth-order valence-electron chi connectivity index (χ4n) is 1.23. The van der Waals surface area contributed by atoms with Gasteiger partial charge in [-0.1, -0.05) is 0 Å². The van der Waals surface area contributed by atoms with Crippen molar-refractivity contribution in [2.75, 3.05) is 12.8 Å². The van der Waals surface area contributed by atoms with Gasteiger partial charge in [-0.25, -0.2) is 0 Å². The Bertz CT molecular complexity index is 313. The lowest BCUT2D eigenvalue weighted by Crippen LogP contribution is -2.24. The largest absolute Gasteiger partial charge is 0.497 e. The fourth-order valence-corrected chi connectivity index (χ4v) is 1.23. The fraction of sp³-hybridized carbons (Fsp3) is 0.400. The minimum Gasteiger partial charge on any atom is -0.497 e. The van der Waals surface area contributed by atoms with E-state index in [2.05, 4.69) is 0 Å². The molecule has 0 saturated carbocycles. The van der Waals surface area contributed by atoms with Crippen LogP contribution in [0.15, 0.2) is 18.2 Å². The molecule has 4 heteroatoms. The molecule has 1 aromatic rings. The van der Waals surface area contributed by atoms with E-state index in [1.165, 1.54) is 0 Å². The second kappa shape index (κ2) is 4.30. The molecule has 0 aliphatic rings. The van der Waals surface area contributed by atoms with E-state index in [9.17, 15) is 5.11 Å². The van der Waals surface area contributed by atoms with Gasteiger partial charge in [-0.15, -0.1) is 0 Å². The number of hydrogen-bond donors (Lipinski definition) is 3. The molecule has 0 fully saturated rings. The highest BCUT2D eigenvalue weighted by atomic mass is 16.5. The van der Waals surface area contributed by atoms with E-state index >= 15 is 0 Å². The van der Waals surface area contributed by atoms with Gasteiger partial charge in [0.1, 0.15) is 5.75 Å². The topological polar surface area (TPSA) is 81.5 Å². The van der Waals surface area contributed by atoms with E-state index in [1.807, 2.05) is 0 Å². The van der Waals surface area contributed by atoms with E-state index in [4.69, 9.17) is 16.2 Å². The van der Waals surface area contributed by atoms with E-state index in [0.29, 0.717) is 17.0 Å². The molecule has 5 N–H and O–H groups in total. The van der Waals surface area contributed by atoms with Crippen LogP contribution >= 0.6 is 0 Å². The predicted molar refractivity (Wildman–Crippen MR) is 56.0 cm³/mol. The molecule has 0 aliphatic heterocycles. The first-order valence-electron chi connectivity index (χ1n) is 4.43. The summed E-state index contributed by atoms with van der Waals surface area (Å²) in [6, 6.07) is 4.74. The van der Waals surface area contributed by atoms with Gasteiger partial charge in [0.15, 0.2) is 0 Å². The van der Waals surface area contributed by atoms with Crippen LogP contribution in [0.25, 0.3) is 0 Å². The molecule has 4 nitrogen and oxygen atoms in total. The van der Waals surface area contributed by atoms with Gasteiger partial charge in [-0.05, 0) is 30.7 Å². The third kappa shape index (κ3) is 2.16. The van der Waals surface area contributed by atoms with Crippen LogP contribution < -0.4 is 16.2 Å². The van der Waals surface area contributed by atoms with Gasteiger partial charge in [0.05, 0.1) is 19.3 Å². The highest BCUT2D eigenvalue weighted by Gasteiger charge is 2.15. The van der Waals surface area contributed by atoms with Crippen molar-refractivity contribution in [1.82, 2.24) is 0 Å². The molecule has 0 aliphatic carbocycles. The van der Waals surface area contributed by atoms with Crippen molar-refractivity contribution in [2.45, 2.75) is 19.1 Å². The molecule has 14 heavy (non-hydrogen) atoms. The summed E-state index contributed by atoms with van der Waals surface area (Å²) in [4.78, 5) is 0. The monoisotopic (exact) mass is 196 g/mol. The van der Waals surface area contributed by atoms with Crippen molar-refractivity contribution in [3.63, 3.8) is 0 Å². The van der Waals surface area contributed by atoms with Crippen molar-refractivity contribution in [3.05, 3.63) is 23.8 Å². The molecule has 1 rings (SSSR count). The lowest BCUT2D eigenvalue weighted by Gasteiger charge is -2.17. The number of methoxy groups -OCH3 is 1. The summed E-state index contributed by atoms with van der Waals surface area (Å²) in [5.41, 5.74) is 12.8. The van der Waals surface area contributed by atoms with E-state index in [-0.39, 0.29) is 0 Å². The highest BCUT2D eigenvalue weighted by molar-refractivity contribution is 5.52. The maximum Gasteiger partial charge on any atom is 0.119 e. The second-order valence-electron chi connectivity index (χ2n) is 3.26. The summed E-state index contributed by atoms with van der Waals surface area (Å²) in [7, 11) is 1.57. The van der Waals surface area contributed by atoms with Crippen molar-refractivity contribution >= 4 is 5.69 Å². The normalized spacial score (nSPS) is 14.9. The van der Waals surface area contributed by atoms with Crippen LogP contribution in [-0.2, 0) is 0 Å². The Kier molecular flexibility index (Phi) is 3.33. The lowest BCUT2D eigenvalue weighted by molar-refractivity contribution is 0.164. The zero-order valence-electron chi connectivity index (χ0n) is 8.40. The van der Waals surface area contributed by atoms with E-state index < -0.39 is 12.1 Å². The molecular weight excluding hydrogens is 180 g/mol. The first kappa shape index (κ1) is 10.8. The molecule has 1 aromatic carbocycles. The predicted octanol–water partition coefficient (Wildman–Crippen LogP) is 0.658. The number of aliphatic hydroxyl groups is 1. The van der Waals surface area contributed by atoms with E-state index in [0.717, 1.165) is 0 Å². The first-order chi connectivity index (χ1) is 6.56. The van der Waals surface area contributed by atoms with E-state index in [1.54, 1.807) is 32.2 Å². The molecule has 0 amide bonds. The van der Waals surface area contributed by atoms with Crippen LogP contribution in [-0.4, -0.2) is 18.3 Å². The van der Waals surface area contributed by atoms with Crippen molar-refractivity contribution < 1.29 is 9.84 Å². The number of ether oxygens (including phenoxy) is 1. The van der Waals surface area contributed by atoms with Crippen LogP contribution in [0.5, 0.6) is 5.75 Å². The summed E-state index contributed by atoms with van der Waals surface area (Å²) in [6.07, 6.45) is -0.635. The highest BCUT2D eigenvalue weighted by Crippen LogP contribution is 2.25. The molecule has 0 bridgehead atoms. The smallest absolute Gasteiger partial charge is 0.119 e. The number of nitrogens with two attached hydrogens (primary N) is 2. The molecular formula is C10H16N2O2. The summed E-state index contributed by atoms with van der Waals surface area (Å²) in [5.74, 6) is 0.685. The van der Waals surface area contributed by atoms with Crippen LogP contribution in [0.2, 0.25) is 0 Å². The van der Waals surface area contributed by atoms with Crippen molar-refractivity contribution in [3.8, 4) is 5.75 Å². The van der Waals surface area contributed by atoms with Crippen LogP contribution in [0.1, 0.15) is 18.5 Å². The van der Waals surface area contributed by atoms with Gasteiger partial charge in [-0.2, -0.15) is 0 Å². The maximum atomic E-state index is 9.34. The molecule has 0 heterocycles. The van der Waals surface area contributed by atoms with Gasteiger partial charge in [-0.3, -0.25) is 0 Å². The standard InChI is InChI=1S/C10H16N2O2/c1-6(13)10(12)8-5-7(14-2)3-4-9(8)11/h3-6,10,13H,11-12H2,1-2H3/t6-,10-/m1/s1. The molecule has 0 spiro atoms. The Hall–Kier alpha value is -1.26. The van der Waals surface area contributed by atoms with Gasteiger partial charge in [0, 0.05) is 5.69 Å². The first-order valence-corrected chi connectivity index (χ1v) is 4.43. The molecule has 0 radical (unpaired) electrons. The molecule has 78 valence electrons. The SMILES string of the molecule is COc1ccc(N)c([C@H](N)[C@@H](C)O)c1. The zero-order valence-corrected chi connectivity index (χ0v) is 8.40. The average Bonchev–Trinajstić information content (AvgIpc) is 2.17. The van der Waals surface area contributed by atoms with Crippen LogP contribution in [0.4, 0.5) is 5.69 Å². The number of benzene rings is 1. The second-order valence-corrected chi connectivity index (χ2v) is 3.26. The average molecular weight is 196 g/mol. The Balaban J connectivity index is 3.05. The van der Waals surface area contributed by atoms with Crippen molar-refractivity contribution in [2.24, 2.45) is 5.73 Å². The number of anilines is 1. The van der Waals surface area contributed by atoms with Gasteiger partial charge in [0.2, 0.25) is 0 Å². The summed E-state index contributed by atoms with van der Waals surface area (Å²) >= 11 is 0. The molecule has 0 saturated heterocycles. The summed E-state index contributed by atoms with van der Waals surface area (Å²) < 4.78 is 5.05. The summed E-state index contributed by atoms with van der Waals surface area (Å²) in [6.45, 7) is 1.63. The minimum absolute atomic E-state index is 0.481. The molecule has 0 unspecified atom stereocenters. The maximum absolute atomic E-state index is 9.34. The number of aliphatic hydroxyl groups excluding tert-OH is 1. The number of rotatable bonds is 3. The Morgan fingerprint density at radius 3 is 2.57 bits per heavy atom. The van der Waals surface area contributed by atoms with Gasteiger partial charge < -0.3 is 21.3 Å². The molecule has 0 aromatic heterocycles. The minimum atomic E-state index is -0.635. The van der Waals surface area contributed by atoms with Crippen LogP contribution in [0, 0.1) is 0 Å². The van der Waals surface area contributed by atoms with Crippen LogP contribution in [0.3, 0.4) is 0 Å². The summed E-state index contributed by atoms with van der Waals surface area (Å²) in [5, 5.41) is 9.34. The third-order valence-corrected chi connectivity index (χ3v) is 2.17. The number of nitrogen functional groups attached to an aromatic ring is 1.